The van der Waals surface area contributed by atoms with E-state index in [0.717, 1.165) is 25.7 Å². The molecule has 0 bridgehead atoms. The highest BCUT2D eigenvalue weighted by Gasteiger charge is 2.38. The van der Waals surface area contributed by atoms with Gasteiger partial charge in [0.1, 0.15) is 0 Å². The fraction of sp³-hybridized carbons (Fsp3) is 0.375. The van der Waals surface area contributed by atoms with E-state index in [4.69, 9.17) is 0 Å². The largest absolute Gasteiger partial charge is 0.273 e. The monoisotopic (exact) mass is 251 g/mol. The summed E-state index contributed by atoms with van der Waals surface area (Å²) in [7, 11) is 1.96. The predicted octanol–water partition coefficient (Wildman–Crippen LogP) is 2.76. The van der Waals surface area contributed by atoms with Gasteiger partial charge in [-0.15, -0.1) is 0 Å². The normalized spacial score (nSPS) is 21.1. The Balaban J connectivity index is 1.86. The molecule has 3 nitrogen and oxygen atoms in total. The molecule has 96 valence electrons. The van der Waals surface area contributed by atoms with E-state index in [9.17, 15) is 5.26 Å². The highest BCUT2D eigenvalue weighted by atomic mass is 15.2. The van der Waals surface area contributed by atoms with Gasteiger partial charge in [0.25, 0.3) is 0 Å². The summed E-state index contributed by atoms with van der Waals surface area (Å²) in [6, 6.07) is 13.0. The third-order valence-corrected chi connectivity index (χ3v) is 4.30. The van der Waals surface area contributed by atoms with Crippen LogP contribution in [0.3, 0.4) is 0 Å². The van der Waals surface area contributed by atoms with E-state index < -0.39 is 0 Å². The van der Waals surface area contributed by atoms with Gasteiger partial charge in [-0.05, 0) is 42.9 Å². The highest BCUT2D eigenvalue weighted by Crippen LogP contribution is 2.41. The molecular formula is C16H17N3. The minimum absolute atomic E-state index is 0.305. The van der Waals surface area contributed by atoms with Crippen molar-refractivity contribution in [3.05, 3.63) is 53.3 Å². The van der Waals surface area contributed by atoms with Crippen molar-refractivity contribution in [2.45, 2.75) is 31.1 Å². The molecule has 1 aromatic heterocycles. The molecule has 0 saturated heterocycles. The third kappa shape index (κ3) is 1.94. The lowest BCUT2D eigenvalue weighted by molar-refractivity contribution is 0.490. The first kappa shape index (κ1) is 12.0. The van der Waals surface area contributed by atoms with Gasteiger partial charge < -0.3 is 0 Å². The summed E-state index contributed by atoms with van der Waals surface area (Å²) in [5, 5.41) is 13.9. The van der Waals surface area contributed by atoms with Crippen molar-refractivity contribution in [2.75, 3.05) is 0 Å². The van der Waals surface area contributed by atoms with Gasteiger partial charge in [0.15, 0.2) is 0 Å². The summed E-state index contributed by atoms with van der Waals surface area (Å²) in [5.41, 5.74) is 3.47. The van der Waals surface area contributed by atoms with E-state index in [2.05, 4.69) is 29.4 Å². The Morgan fingerprint density at radius 2 is 2.21 bits per heavy atom. The van der Waals surface area contributed by atoms with E-state index in [1.807, 2.05) is 30.1 Å². The number of rotatable bonds is 3. The molecule has 1 atom stereocenters. The molecule has 0 radical (unpaired) electrons. The van der Waals surface area contributed by atoms with Crippen LogP contribution >= 0.6 is 0 Å². The first-order valence-electron chi connectivity index (χ1n) is 6.72. The molecule has 19 heavy (non-hydrogen) atoms. The van der Waals surface area contributed by atoms with Crippen molar-refractivity contribution in [3.8, 4) is 6.07 Å². The quantitative estimate of drug-likeness (QED) is 0.841. The molecule has 3 rings (SSSR count). The zero-order chi connectivity index (χ0) is 13.3. The van der Waals surface area contributed by atoms with E-state index in [-0.39, 0.29) is 5.41 Å². The zero-order valence-electron chi connectivity index (χ0n) is 11.1. The number of aromatic nitrogens is 2. The van der Waals surface area contributed by atoms with Gasteiger partial charge in [-0.3, -0.25) is 4.68 Å². The lowest BCUT2D eigenvalue weighted by atomic mass is 9.79. The first-order chi connectivity index (χ1) is 9.25. The maximum Gasteiger partial charge on any atom is 0.0832 e. The zero-order valence-corrected chi connectivity index (χ0v) is 11.1. The second-order valence-electron chi connectivity index (χ2n) is 5.30. The standard InChI is InChI=1S/C16H17N3/c1-19-14(8-11-18-19)7-10-16(12-17)9-6-13-4-2-3-5-15(13)16/h2-5,8,11H,6-7,9-10H2,1H3. The van der Waals surface area contributed by atoms with E-state index in [1.54, 1.807) is 0 Å². The summed E-state index contributed by atoms with van der Waals surface area (Å²) < 4.78 is 1.89. The number of aryl methyl sites for hydroxylation is 3. The molecule has 1 heterocycles. The molecule has 0 saturated carbocycles. The smallest absolute Gasteiger partial charge is 0.0832 e. The molecular weight excluding hydrogens is 234 g/mol. The van der Waals surface area contributed by atoms with Crippen molar-refractivity contribution < 1.29 is 0 Å². The molecule has 0 amide bonds. The Kier molecular flexibility index (Phi) is 2.87. The van der Waals surface area contributed by atoms with Crippen molar-refractivity contribution in [3.63, 3.8) is 0 Å². The molecule has 0 aliphatic heterocycles. The van der Waals surface area contributed by atoms with E-state index in [0.29, 0.717) is 0 Å². The Hall–Kier alpha value is -2.08. The lowest BCUT2D eigenvalue weighted by Gasteiger charge is -2.22. The van der Waals surface area contributed by atoms with Gasteiger partial charge in [0.05, 0.1) is 11.5 Å². The van der Waals surface area contributed by atoms with Crippen LogP contribution in [0.1, 0.15) is 29.7 Å². The van der Waals surface area contributed by atoms with Gasteiger partial charge in [0.2, 0.25) is 0 Å². The fourth-order valence-electron chi connectivity index (χ4n) is 3.11. The average Bonchev–Trinajstić information content (AvgIpc) is 3.01. The second kappa shape index (κ2) is 4.55. The van der Waals surface area contributed by atoms with Gasteiger partial charge >= 0.3 is 0 Å². The number of benzene rings is 1. The molecule has 1 unspecified atom stereocenters. The summed E-state index contributed by atoms with van der Waals surface area (Å²) in [6.45, 7) is 0. The molecule has 3 heteroatoms. The SMILES string of the molecule is Cn1nccc1CCC1(C#N)CCc2ccccc21. The van der Waals surface area contributed by atoms with Crippen molar-refractivity contribution >= 4 is 0 Å². The summed E-state index contributed by atoms with van der Waals surface area (Å²) in [5.74, 6) is 0. The molecule has 2 aromatic rings. The summed E-state index contributed by atoms with van der Waals surface area (Å²) in [6.07, 6.45) is 5.56. The fourth-order valence-corrected chi connectivity index (χ4v) is 3.11. The van der Waals surface area contributed by atoms with Crippen LogP contribution in [0.5, 0.6) is 0 Å². The Morgan fingerprint density at radius 1 is 1.37 bits per heavy atom. The van der Waals surface area contributed by atoms with E-state index >= 15 is 0 Å². The number of fused-ring (bicyclic) bond motifs is 1. The Labute approximate surface area is 113 Å². The second-order valence-corrected chi connectivity index (χ2v) is 5.30. The van der Waals surface area contributed by atoms with Crippen LogP contribution < -0.4 is 0 Å². The van der Waals surface area contributed by atoms with E-state index in [1.165, 1.54) is 16.8 Å². The topological polar surface area (TPSA) is 41.6 Å². The van der Waals surface area contributed by atoms with Crippen LogP contribution in [-0.2, 0) is 25.3 Å². The van der Waals surface area contributed by atoms with Crippen LogP contribution in [0.25, 0.3) is 0 Å². The minimum Gasteiger partial charge on any atom is -0.273 e. The number of hydrogen-bond acceptors (Lipinski definition) is 2. The average molecular weight is 251 g/mol. The molecule has 1 aliphatic rings. The lowest BCUT2D eigenvalue weighted by Crippen LogP contribution is -2.22. The highest BCUT2D eigenvalue weighted by molar-refractivity contribution is 5.44. The van der Waals surface area contributed by atoms with Crippen molar-refractivity contribution in [1.29, 1.82) is 5.26 Å². The maximum absolute atomic E-state index is 9.69. The Morgan fingerprint density at radius 3 is 2.95 bits per heavy atom. The van der Waals surface area contributed by atoms with Crippen LogP contribution in [0, 0.1) is 11.3 Å². The van der Waals surface area contributed by atoms with Crippen LogP contribution in [0.2, 0.25) is 0 Å². The molecule has 0 fully saturated rings. The molecule has 0 spiro atoms. The van der Waals surface area contributed by atoms with Gasteiger partial charge in [-0.25, -0.2) is 0 Å². The number of nitriles is 1. The molecule has 0 N–H and O–H groups in total. The minimum atomic E-state index is -0.305. The molecule has 1 aliphatic carbocycles. The van der Waals surface area contributed by atoms with Crippen LogP contribution in [0.15, 0.2) is 36.5 Å². The summed E-state index contributed by atoms with van der Waals surface area (Å²) in [4.78, 5) is 0. The summed E-state index contributed by atoms with van der Waals surface area (Å²) >= 11 is 0. The van der Waals surface area contributed by atoms with Gasteiger partial charge in [-0.2, -0.15) is 10.4 Å². The van der Waals surface area contributed by atoms with Crippen LogP contribution in [0.4, 0.5) is 0 Å². The number of hydrogen-bond donors (Lipinski definition) is 0. The number of nitrogens with zero attached hydrogens (tertiary/aromatic N) is 3. The Bertz CT molecular complexity index is 635. The van der Waals surface area contributed by atoms with Gasteiger partial charge in [0, 0.05) is 18.9 Å². The van der Waals surface area contributed by atoms with Gasteiger partial charge in [-0.1, -0.05) is 24.3 Å². The maximum atomic E-state index is 9.69. The predicted molar refractivity (Wildman–Crippen MR) is 73.6 cm³/mol. The van der Waals surface area contributed by atoms with Crippen molar-refractivity contribution in [1.82, 2.24) is 9.78 Å². The van der Waals surface area contributed by atoms with Crippen molar-refractivity contribution in [2.24, 2.45) is 7.05 Å². The van der Waals surface area contributed by atoms with Crippen LogP contribution in [-0.4, -0.2) is 9.78 Å². The first-order valence-corrected chi connectivity index (χ1v) is 6.72. The third-order valence-electron chi connectivity index (χ3n) is 4.30. The molecule has 1 aromatic carbocycles.